The molecule has 0 atom stereocenters. The lowest BCUT2D eigenvalue weighted by molar-refractivity contribution is -0.104. The number of rotatable bonds is 2. The quantitative estimate of drug-likeness (QED) is 0.498. The summed E-state index contributed by atoms with van der Waals surface area (Å²) < 4.78 is 0. The number of thiazole rings is 1. The van der Waals surface area contributed by atoms with Gasteiger partial charge in [-0.3, -0.25) is 4.79 Å². The molecule has 0 saturated carbocycles. The SMILES string of the molecule is CC(C=O)=Cc1nc(C)cs1. The summed E-state index contributed by atoms with van der Waals surface area (Å²) >= 11 is 1.55. The molecule has 0 aliphatic rings. The topological polar surface area (TPSA) is 30.0 Å². The van der Waals surface area contributed by atoms with Crippen LogP contribution in [-0.2, 0) is 4.79 Å². The second-order valence-electron chi connectivity index (χ2n) is 2.33. The first-order chi connectivity index (χ1) is 5.22. The first-order valence-corrected chi connectivity index (χ1v) is 4.16. The predicted molar refractivity (Wildman–Crippen MR) is 46.6 cm³/mol. The van der Waals surface area contributed by atoms with Crippen LogP contribution >= 0.6 is 11.3 Å². The highest BCUT2D eigenvalue weighted by Gasteiger charge is 1.93. The van der Waals surface area contributed by atoms with E-state index in [2.05, 4.69) is 4.98 Å². The van der Waals surface area contributed by atoms with Crippen molar-refractivity contribution >= 4 is 23.7 Å². The van der Waals surface area contributed by atoms with E-state index >= 15 is 0 Å². The molecule has 2 nitrogen and oxygen atoms in total. The highest BCUT2D eigenvalue weighted by atomic mass is 32.1. The van der Waals surface area contributed by atoms with Crippen molar-refractivity contribution in [2.75, 3.05) is 0 Å². The van der Waals surface area contributed by atoms with Gasteiger partial charge in [-0.25, -0.2) is 4.98 Å². The molecule has 1 aromatic rings. The van der Waals surface area contributed by atoms with Crippen LogP contribution < -0.4 is 0 Å². The van der Waals surface area contributed by atoms with Crippen LogP contribution in [0.4, 0.5) is 0 Å². The zero-order chi connectivity index (χ0) is 8.27. The lowest BCUT2D eigenvalue weighted by Crippen LogP contribution is -1.76. The molecule has 0 aliphatic heterocycles. The molecule has 1 aromatic heterocycles. The molecule has 0 N–H and O–H groups in total. The van der Waals surface area contributed by atoms with Gasteiger partial charge in [0.05, 0.1) is 0 Å². The molecule has 0 amide bonds. The summed E-state index contributed by atoms with van der Waals surface area (Å²) in [5.74, 6) is 0. The molecule has 0 fully saturated rings. The smallest absolute Gasteiger partial charge is 0.145 e. The Kier molecular flexibility index (Phi) is 2.54. The summed E-state index contributed by atoms with van der Waals surface area (Å²) in [4.78, 5) is 14.4. The van der Waals surface area contributed by atoms with Crippen LogP contribution in [0, 0.1) is 6.92 Å². The van der Waals surface area contributed by atoms with Crippen molar-refractivity contribution in [2.24, 2.45) is 0 Å². The Morgan fingerprint density at radius 3 is 2.91 bits per heavy atom. The third kappa shape index (κ3) is 2.27. The number of hydrogen-bond acceptors (Lipinski definition) is 3. The summed E-state index contributed by atoms with van der Waals surface area (Å²) in [6.07, 6.45) is 2.61. The molecule has 1 rings (SSSR count). The summed E-state index contributed by atoms with van der Waals surface area (Å²) in [5.41, 5.74) is 1.71. The van der Waals surface area contributed by atoms with Gasteiger partial charge < -0.3 is 0 Å². The van der Waals surface area contributed by atoms with Gasteiger partial charge in [-0.1, -0.05) is 0 Å². The van der Waals surface area contributed by atoms with Crippen molar-refractivity contribution < 1.29 is 4.79 Å². The summed E-state index contributed by atoms with van der Waals surface area (Å²) in [6.45, 7) is 3.70. The fraction of sp³-hybridized carbons (Fsp3) is 0.250. The van der Waals surface area contributed by atoms with Crippen LogP contribution in [0.3, 0.4) is 0 Å². The summed E-state index contributed by atoms with van der Waals surface area (Å²) in [6, 6.07) is 0. The molecule has 11 heavy (non-hydrogen) atoms. The average Bonchev–Trinajstić information content (AvgIpc) is 2.35. The Labute approximate surface area is 69.6 Å². The maximum Gasteiger partial charge on any atom is 0.145 e. The van der Waals surface area contributed by atoms with E-state index in [4.69, 9.17) is 0 Å². The van der Waals surface area contributed by atoms with E-state index in [-0.39, 0.29) is 0 Å². The molecule has 0 aromatic carbocycles. The Balaban J connectivity index is 2.86. The number of aryl methyl sites for hydroxylation is 1. The summed E-state index contributed by atoms with van der Waals surface area (Å²) in [5, 5.41) is 2.86. The van der Waals surface area contributed by atoms with Gasteiger partial charge in [0, 0.05) is 11.1 Å². The van der Waals surface area contributed by atoms with Crippen LogP contribution in [-0.4, -0.2) is 11.3 Å². The van der Waals surface area contributed by atoms with Gasteiger partial charge in [0.15, 0.2) is 0 Å². The van der Waals surface area contributed by atoms with Crippen LogP contribution in [0.2, 0.25) is 0 Å². The molecular formula is C8H9NOS. The Hall–Kier alpha value is -0.960. The molecule has 0 saturated heterocycles. The largest absolute Gasteiger partial charge is 0.298 e. The standard InChI is InChI=1S/C8H9NOS/c1-6(4-10)3-8-9-7(2)5-11-8/h3-5H,1-2H3. The summed E-state index contributed by atoms with van der Waals surface area (Å²) in [7, 11) is 0. The number of carbonyl (C=O) groups is 1. The van der Waals surface area contributed by atoms with E-state index in [1.165, 1.54) is 0 Å². The van der Waals surface area contributed by atoms with E-state index in [0.29, 0.717) is 5.57 Å². The lowest BCUT2D eigenvalue weighted by Gasteiger charge is -1.83. The van der Waals surface area contributed by atoms with Gasteiger partial charge in [0.25, 0.3) is 0 Å². The molecule has 58 valence electrons. The second-order valence-corrected chi connectivity index (χ2v) is 3.22. The second kappa shape index (κ2) is 3.44. The maximum absolute atomic E-state index is 10.2. The fourth-order valence-electron chi connectivity index (χ4n) is 0.667. The van der Waals surface area contributed by atoms with Gasteiger partial charge in [-0.05, 0) is 25.5 Å². The van der Waals surface area contributed by atoms with E-state index in [9.17, 15) is 4.79 Å². The van der Waals surface area contributed by atoms with Gasteiger partial charge >= 0.3 is 0 Å². The normalized spacial score (nSPS) is 11.6. The molecule has 0 bridgehead atoms. The number of aromatic nitrogens is 1. The first kappa shape index (κ1) is 8.14. The highest BCUT2D eigenvalue weighted by Crippen LogP contribution is 2.11. The third-order valence-corrected chi connectivity index (χ3v) is 2.08. The first-order valence-electron chi connectivity index (χ1n) is 3.28. The van der Waals surface area contributed by atoms with Crippen molar-refractivity contribution in [2.45, 2.75) is 13.8 Å². The number of allylic oxidation sites excluding steroid dienone is 1. The molecular weight excluding hydrogens is 158 g/mol. The van der Waals surface area contributed by atoms with Crippen molar-refractivity contribution in [1.29, 1.82) is 0 Å². The zero-order valence-electron chi connectivity index (χ0n) is 6.50. The average molecular weight is 167 g/mol. The van der Waals surface area contributed by atoms with Crippen molar-refractivity contribution in [1.82, 2.24) is 4.98 Å². The Morgan fingerprint density at radius 2 is 2.45 bits per heavy atom. The zero-order valence-corrected chi connectivity index (χ0v) is 7.31. The number of aldehydes is 1. The predicted octanol–water partition coefficient (Wildman–Crippen LogP) is 2.05. The van der Waals surface area contributed by atoms with Crippen LogP contribution in [0.25, 0.3) is 6.08 Å². The van der Waals surface area contributed by atoms with Crippen molar-refractivity contribution in [3.63, 3.8) is 0 Å². The number of carbonyl (C=O) groups excluding carboxylic acids is 1. The minimum Gasteiger partial charge on any atom is -0.298 e. The van der Waals surface area contributed by atoms with Crippen molar-refractivity contribution in [3.05, 3.63) is 21.7 Å². The van der Waals surface area contributed by atoms with Gasteiger partial charge in [0.1, 0.15) is 11.3 Å². The molecule has 3 heteroatoms. The van der Waals surface area contributed by atoms with Crippen molar-refractivity contribution in [3.8, 4) is 0 Å². The van der Waals surface area contributed by atoms with Crippen LogP contribution in [0.15, 0.2) is 11.0 Å². The third-order valence-electron chi connectivity index (χ3n) is 1.17. The monoisotopic (exact) mass is 167 g/mol. The Bertz CT molecular complexity index is 288. The molecule has 0 radical (unpaired) electrons. The van der Waals surface area contributed by atoms with Gasteiger partial charge in [-0.15, -0.1) is 11.3 Å². The minimum atomic E-state index is 0.708. The van der Waals surface area contributed by atoms with E-state index in [1.54, 1.807) is 24.3 Å². The Morgan fingerprint density at radius 1 is 1.73 bits per heavy atom. The highest BCUT2D eigenvalue weighted by molar-refractivity contribution is 7.10. The van der Waals surface area contributed by atoms with Gasteiger partial charge in [0.2, 0.25) is 0 Å². The lowest BCUT2D eigenvalue weighted by atomic mass is 10.3. The maximum atomic E-state index is 10.2. The fourth-order valence-corrected chi connectivity index (χ4v) is 1.46. The number of nitrogens with zero attached hydrogens (tertiary/aromatic N) is 1. The minimum absolute atomic E-state index is 0.708. The van der Waals surface area contributed by atoms with E-state index < -0.39 is 0 Å². The molecule has 1 heterocycles. The molecule has 0 spiro atoms. The van der Waals surface area contributed by atoms with E-state index in [1.807, 2.05) is 12.3 Å². The number of hydrogen-bond donors (Lipinski definition) is 0. The van der Waals surface area contributed by atoms with E-state index in [0.717, 1.165) is 17.0 Å². The molecule has 0 unspecified atom stereocenters. The van der Waals surface area contributed by atoms with Crippen LogP contribution in [0.5, 0.6) is 0 Å². The van der Waals surface area contributed by atoms with Gasteiger partial charge in [-0.2, -0.15) is 0 Å². The van der Waals surface area contributed by atoms with Crippen LogP contribution in [0.1, 0.15) is 17.6 Å². The molecule has 0 aliphatic carbocycles.